The maximum Gasteiger partial charge on any atom is 0.347 e. The summed E-state index contributed by atoms with van der Waals surface area (Å²) >= 11 is 0. The lowest BCUT2D eigenvalue weighted by Gasteiger charge is -2.14. The normalized spacial score (nSPS) is 16.0. The van der Waals surface area contributed by atoms with Crippen LogP contribution in [0.1, 0.15) is 16.8 Å². The van der Waals surface area contributed by atoms with Gasteiger partial charge in [0.25, 0.3) is 5.56 Å². The van der Waals surface area contributed by atoms with Gasteiger partial charge in [0, 0.05) is 29.1 Å². The van der Waals surface area contributed by atoms with Gasteiger partial charge in [-0.25, -0.2) is 9.59 Å². The molecule has 1 saturated heterocycles. The number of ether oxygens (including phenoxy) is 3. The van der Waals surface area contributed by atoms with Gasteiger partial charge in [0.1, 0.15) is 5.75 Å². The number of pyridine rings is 1. The van der Waals surface area contributed by atoms with E-state index >= 15 is 0 Å². The molecule has 1 aliphatic rings. The lowest BCUT2D eigenvalue weighted by molar-refractivity contribution is -0.145. The number of nitrogens with zero attached hydrogens (tertiary/aromatic N) is 1. The van der Waals surface area contributed by atoms with E-state index in [1.54, 1.807) is 55.6 Å². The number of hydrogen-bond acceptors (Lipinski definition) is 6. The molecule has 0 N–H and O–H groups in total. The molecule has 28 heavy (non-hydrogen) atoms. The molecule has 1 aliphatic heterocycles. The van der Waals surface area contributed by atoms with E-state index in [-0.39, 0.29) is 17.7 Å². The number of carbonyl (C=O) groups is 2. The van der Waals surface area contributed by atoms with Crippen molar-refractivity contribution in [2.75, 3.05) is 13.7 Å². The van der Waals surface area contributed by atoms with Crippen molar-refractivity contribution >= 4 is 22.7 Å². The highest BCUT2D eigenvalue weighted by Crippen LogP contribution is 2.21. The number of hydrogen-bond donors (Lipinski definition) is 0. The molecular formula is C21H17NO6. The molecule has 7 nitrogen and oxygen atoms in total. The fraction of sp³-hybridized carbons (Fsp3) is 0.190. The summed E-state index contributed by atoms with van der Waals surface area (Å²) in [5.41, 5.74) is 0.509. The van der Waals surface area contributed by atoms with Gasteiger partial charge in [-0.05, 0) is 30.3 Å². The van der Waals surface area contributed by atoms with Gasteiger partial charge >= 0.3 is 11.9 Å². The zero-order chi connectivity index (χ0) is 19.7. The van der Waals surface area contributed by atoms with Crippen LogP contribution in [-0.4, -0.2) is 36.3 Å². The Kier molecular flexibility index (Phi) is 4.57. The van der Waals surface area contributed by atoms with Gasteiger partial charge < -0.3 is 14.2 Å². The van der Waals surface area contributed by atoms with Gasteiger partial charge in [-0.15, -0.1) is 0 Å². The first kappa shape index (κ1) is 17.8. The minimum absolute atomic E-state index is 0.200. The quantitative estimate of drug-likeness (QED) is 0.648. The smallest absolute Gasteiger partial charge is 0.347 e. The van der Waals surface area contributed by atoms with Crippen LogP contribution in [0.4, 0.5) is 0 Å². The molecule has 2 aromatic carbocycles. The van der Waals surface area contributed by atoms with Gasteiger partial charge in [-0.1, -0.05) is 18.2 Å². The fourth-order valence-electron chi connectivity index (χ4n) is 3.17. The highest BCUT2D eigenvalue weighted by Gasteiger charge is 2.31. The van der Waals surface area contributed by atoms with Crippen LogP contribution < -0.4 is 10.3 Å². The molecule has 3 aromatic rings. The molecule has 1 fully saturated rings. The number of cyclic esters (lactones) is 1. The van der Waals surface area contributed by atoms with E-state index in [1.807, 2.05) is 0 Å². The average molecular weight is 379 g/mol. The summed E-state index contributed by atoms with van der Waals surface area (Å²) in [5.74, 6) is -0.583. The third-order valence-corrected chi connectivity index (χ3v) is 4.63. The second kappa shape index (κ2) is 7.19. The van der Waals surface area contributed by atoms with Crippen molar-refractivity contribution in [3.8, 4) is 11.4 Å². The number of fused-ring (bicyclic) bond motifs is 1. The Balaban J connectivity index is 1.83. The van der Waals surface area contributed by atoms with Crippen molar-refractivity contribution in [1.29, 1.82) is 0 Å². The maximum atomic E-state index is 13.0. The highest BCUT2D eigenvalue weighted by molar-refractivity contribution is 6.04. The first-order valence-electron chi connectivity index (χ1n) is 8.75. The van der Waals surface area contributed by atoms with Crippen molar-refractivity contribution in [2.24, 2.45) is 0 Å². The SMILES string of the molecule is COc1ccc(-n2cc(C(=O)OC3CCOC3=O)c3ccccc3c2=O)cc1. The molecule has 2 heterocycles. The first-order chi connectivity index (χ1) is 13.6. The van der Waals surface area contributed by atoms with E-state index in [2.05, 4.69) is 0 Å². The van der Waals surface area contributed by atoms with Gasteiger partial charge in [0.05, 0.1) is 19.3 Å². The molecule has 0 saturated carbocycles. The second-order valence-corrected chi connectivity index (χ2v) is 6.31. The Morgan fingerprint density at radius 3 is 2.43 bits per heavy atom. The van der Waals surface area contributed by atoms with Crippen LogP contribution in [0.25, 0.3) is 16.5 Å². The zero-order valence-corrected chi connectivity index (χ0v) is 15.1. The van der Waals surface area contributed by atoms with Crippen molar-refractivity contribution in [3.63, 3.8) is 0 Å². The average Bonchev–Trinajstić information content (AvgIpc) is 3.13. The molecule has 0 bridgehead atoms. The van der Waals surface area contributed by atoms with E-state index in [4.69, 9.17) is 14.2 Å². The molecule has 0 aliphatic carbocycles. The maximum absolute atomic E-state index is 13.0. The third kappa shape index (κ3) is 3.11. The Hall–Kier alpha value is -3.61. The summed E-state index contributed by atoms with van der Waals surface area (Å²) in [6, 6.07) is 13.7. The largest absolute Gasteiger partial charge is 0.497 e. The molecule has 0 radical (unpaired) electrons. The Morgan fingerprint density at radius 2 is 1.79 bits per heavy atom. The highest BCUT2D eigenvalue weighted by atomic mass is 16.6. The summed E-state index contributed by atoms with van der Waals surface area (Å²) in [5, 5.41) is 0.843. The number of methoxy groups -OCH3 is 1. The lowest BCUT2D eigenvalue weighted by atomic mass is 10.1. The summed E-state index contributed by atoms with van der Waals surface area (Å²) in [4.78, 5) is 37.4. The van der Waals surface area contributed by atoms with Crippen LogP contribution in [0.3, 0.4) is 0 Å². The Morgan fingerprint density at radius 1 is 1.07 bits per heavy atom. The molecule has 142 valence electrons. The monoisotopic (exact) mass is 379 g/mol. The van der Waals surface area contributed by atoms with Crippen molar-refractivity contribution in [2.45, 2.75) is 12.5 Å². The topological polar surface area (TPSA) is 83.8 Å². The minimum atomic E-state index is -0.923. The molecule has 1 unspecified atom stereocenters. The number of rotatable bonds is 4. The molecular weight excluding hydrogens is 362 g/mol. The standard InChI is InChI=1S/C21H17NO6/c1-26-14-8-6-13(7-9-14)22-12-17(15-4-2-3-5-16(15)19(22)23)20(24)28-18-10-11-27-21(18)25/h2-9,12,18H,10-11H2,1H3. The molecule has 1 aromatic heterocycles. The number of carbonyl (C=O) groups excluding carboxylic acids is 2. The Bertz CT molecular complexity index is 1120. The molecule has 1 atom stereocenters. The van der Waals surface area contributed by atoms with Crippen molar-refractivity contribution in [3.05, 3.63) is 70.6 Å². The first-order valence-corrected chi connectivity index (χ1v) is 8.75. The molecule has 4 rings (SSSR count). The predicted octanol–water partition coefficient (Wildman–Crippen LogP) is 2.47. The third-order valence-electron chi connectivity index (χ3n) is 4.63. The van der Waals surface area contributed by atoms with Crippen LogP contribution in [0.15, 0.2) is 59.5 Å². The van der Waals surface area contributed by atoms with Crippen LogP contribution in [0, 0.1) is 0 Å². The van der Waals surface area contributed by atoms with E-state index in [0.717, 1.165) is 0 Å². The number of benzene rings is 2. The minimum Gasteiger partial charge on any atom is -0.497 e. The second-order valence-electron chi connectivity index (χ2n) is 6.31. The summed E-state index contributed by atoms with van der Waals surface area (Å²) < 4.78 is 16.7. The van der Waals surface area contributed by atoms with Gasteiger partial charge in [0.2, 0.25) is 6.10 Å². The molecule has 0 spiro atoms. The molecule has 7 heteroatoms. The van der Waals surface area contributed by atoms with Crippen LogP contribution in [0.5, 0.6) is 5.75 Å². The van der Waals surface area contributed by atoms with E-state index in [0.29, 0.717) is 28.6 Å². The number of aromatic nitrogens is 1. The van der Waals surface area contributed by atoms with Crippen LogP contribution in [0.2, 0.25) is 0 Å². The fourth-order valence-corrected chi connectivity index (χ4v) is 3.17. The van der Waals surface area contributed by atoms with Gasteiger partial charge in [-0.2, -0.15) is 0 Å². The van der Waals surface area contributed by atoms with Crippen molar-refractivity contribution < 1.29 is 23.8 Å². The van der Waals surface area contributed by atoms with Crippen LogP contribution in [-0.2, 0) is 14.3 Å². The number of esters is 2. The van der Waals surface area contributed by atoms with Gasteiger partial charge in [0.15, 0.2) is 0 Å². The lowest BCUT2D eigenvalue weighted by Crippen LogP contribution is -2.25. The van der Waals surface area contributed by atoms with E-state index in [9.17, 15) is 14.4 Å². The summed E-state index contributed by atoms with van der Waals surface area (Å²) in [6.07, 6.45) is 0.836. The van der Waals surface area contributed by atoms with E-state index in [1.165, 1.54) is 10.8 Å². The van der Waals surface area contributed by atoms with Gasteiger partial charge in [-0.3, -0.25) is 9.36 Å². The summed E-state index contributed by atoms with van der Waals surface area (Å²) in [7, 11) is 1.55. The van der Waals surface area contributed by atoms with Crippen molar-refractivity contribution in [1.82, 2.24) is 4.57 Å². The zero-order valence-electron chi connectivity index (χ0n) is 15.1. The van der Waals surface area contributed by atoms with Crippen LogP contribution >= 0.6 is 0 Å². The molecule has 0 amide bonds. The summed E-state index contributed by atoms with van der Waals surface area (Å²) in [6.45, 7) is 0.225. The predicted molar refractivity (Wildman–Crippen MR) is 101 cm³/mol. The Labute approximate surface area is 160 Å². The van der Waals surface area contributed by atoms with E-state index < -0.39 is 18.0 Å².